The van der Waals surface area contributed by atoms with Gasteiger partial charge in [0.15, 0.2) is 0 Å². The Balaban J connectivity index is 1.80. The molecule has 2 aliphatic rings. The first-order valence-corrected chi connectivity index (χ1v) is 14.2. The summed E-state index contributed by atoms with van der Waals surface area (Å²) in [6, 6.07) is 4.34. The van der Waals surface area contributed by atoms with Crippen LogP contribution in [-0.4, -0.2) is 66.3 Å². The van der Waals surface area contributed by atoms with Crippen LogP contribution in [-0.2, 0) is 36.4 Å². The highest BCUT2D eigenvalue weighted by Crippen LogP contribution is 2.38. The van der Waals surface area contributed by atoms with E-state index in [0.29, 0.717) is 37.2 Å². The van der Waals surface area contributed by atoms with Gasteiger partial charge in [0.1, 0.15) is 0 Å². The molecule has 1 unspecified atom stereocenters. The Kier molecular flexibility index (Phi) is 10.2. The zero-order valence-corrected chi connectivity index (χ0v) is 25.1. The summed E-state index contributed by atoms with van der Waals surface area (Å²) in [5.74, 6) is 0.0841. The van der Waals surface area contributed by atoms with Crippen LogP contribution < -0.4 is 5.53 Å². The van der Waals surface area contributed by atoms with Crippen molar-refractivity contribution < 1.29 is 44.3 Å². The topological polar surface area (TPSA) is 46.6 Å². The van der Waals surface area contributed by atoms with Gasteiger partial charge < -0.3 is 9.64 Å². The first kappa shape index (κ1) is 34.6. The summed E-state index contributed by atoms with van der Waals surface area (Å²) in [7, 11) is 4.65. The van der Waals surface area contributed by atoms with E-state index in [0.717, 1.165) is 25.0 Å². The second kappa shape index (κ2) is 13.2. The zero-order chi connectivity index (χ0) is 33.3. The molecule has 2 heterocycles. The fourth-order valence-corrected chi connectivity index (χ4v) is 5.84. The zero-order valence-electron chi connectivity index (χ0n) is 25.1. The predicted molar refractivity (Wildman–Crippen MR) is 148 cm³/mol. The Hall–Kier alpha value is -3.24. The fourth-order valence-electron chi connectivity index (χ4n) is 5.84. The van der Waals surface area contributed by atoms with Gasteiger partial charge in [-0.3, -0.25) is 9.91 Å². The van der Waals surface area contributed by atoms with Gasteiger partial charge in [-0.25, -0.2) is 5.12 Å². The van der Waals surface area contributed by atoms with Gasteiger partial charge in [-0.1, -0.05) is 13.0 Å². The van der Waals surface area contributed by atoms with E-state index in [1.165, 1.54) is 35.2 Å². The monoisotopic (exact) mass is 654 g/mol. The van der Waals surface area contributed by atoms with Crippen LogP contribution in [0, 0.1) is 0 Å². The molecule has 1 atom stereocenters. The van der Waals surface area contributed by atoms with Crippen LogP contribution in [0.3, 0.4) is 0 Å². The van der Waals surface area contributed by atoms with Crippen molar-refractivity contribution in [2.75, 3.05) is 34.3 Å². The summed E-state index contributed by atoms with van der Waals surface area (Å²) in [6.07, 6.45) is -12.8. The molecule has 2 aliphatic heterocycles. The second-order valence-corrected chi connectivity index (χ2v) is 11.2. The Labute approximate surface area is 255 Å². The number of halogens is 9. The number of hydrogen-bond acceptors (Lipinski definition) is 7. The number of nitrogens with zero attached hydrogens (tertiary/aromatic N) is 5. The summed E-state index contributed by atoms with van der Waals surface area (Å²) in [5, 5.41) is 6.91. The van der Waals surface area contributed by atoms with E-state index in [2.05, 4.69) is 15.5 Å². The minimum atomic E-state index is -5.07. The largest absolute Gasteiger partial charge is 0.416 e. The van der Waals surface area contributed by atoms with E-state index in [-0.39, 0.29) is 41.8 Å². The molecule has 4 rings (SSSR count). The van der Waals surface area contributed by atoms with Crippen LogP contribution >= 0.6 is 0 Å². The molecule has 45 heavy (non-hydrogen) atoms. The molecule has 1 N–H and O–H groups in total. The molecule has 0 spiro atoms. The van der Waals surface area contributed by atoms with Gasteiger partial charge >= 0.3 is 18.5 Å². The summed E-state index contributed by atoms with van der Waals surface area (Å²) in [6.45, 7) is 2.37. The van der Waals surface area contributed by atoms with Gasteiger partial charge in [0, 0.05) is 53.4 Å². The molecule has 1 saturated heterocycles. The number of piperidine rings is 1. The van der Waals surface area contributed by atoms with Crippen molar-refractivity contribution in [3.63, 3.8) is 0 Å². The van der Waals surface area contributed by atoms with Crippen molar-refractivity contribution in [2.45, 2.75) is 70.0 Å². The number of hydrazone groups is 1. The molecule has 1 fully saturated rings. The van der Waals surface area contributed by atoms with Gasteiger partial charge in [0.05, 0.1) is 22.8 Å². The molecule has 0 aliphatic carbocycles. The lowest BCUT2D eigenvalue weighted by Gasteiger charge is -2.38. The highest BCUT2D eigenvalue weighted by molar-refractivity contribution is 5.80. The average Bonchev–Trinajstić information content (AvgIpc) is 3.29. The van der Waals surface area contributed by atoms with Gasteiger partial charge in [0.25, 0.3) is 0 Å². The third-order valence-corrected chi connectivity index (χ3v) is 7.97. The number of alkyl halides is 9. The van der Waals surface area contributed by atoms with Gasteiger partial charge in [-0.15, -0.1) is 10.6 Å². The third-order valence-electron chi connectivity index (χ3n) is 7.97. The third kappa shape index (κ3) is 8.33. The number of likely N-dealkylation sites (tertiary alicyclic amines) is 1. The van der Waals surface area contributed by atoms with Crippen molar-refractivity contribution in [1.82, 2.24) is 25.5 Å². The van der Waals surface area contributed by atoms with E-state index in [9.17, 15) is 39.5 Å². The van der Waals surface area contributed by atoms with E-state index in [1.807, 2.05) is 6.92 Å². The van der Waals surface area contributed by atoms with E-state index >= 15 is 0 Å². The first-order valence-electron chi connectivity index (χ1n) is 14.2. The maximum absolute atomic E-state index is 13.9. The smallest absolute Gasteiger partial charge is 0.381 e. The van der Waals surface area contributed by atoms with E-state index in [4.69, 9.17) is 4.74 Å². The second-order valence-electron chi connectivity index (χ2n) is 11.2. The van der Waals surface area contributed by atoms with Crippen LogP contribution in [0.2, 0.25) is 0 Å². The lowest BCUT2D eigenvalue weighted by Crippen LogP contribution is -2.45. The van der Waals surface area contributed by atoms with Gasteiger partial charge in [-0.2, -0.15) is 39.5 Å². The highest BCUT2D eigenvalue weighted by atomic mass is 19.4. The number of rotatable bonds is 8. The maximum Gasteiger partial charge on any atom is 0.416 e. The quantitative estimate of drug-likeness (QED) is 0.314. The van der Waals surface area contributed by atoms with Crippen LogP contribution in [0.25, 0.3) is 0 Å². The standard InChI is InChI=1S/C29H35F9N6O/c1-5-25(43-10-8-23(45-4)9-11-43)24-7-6-20(27(30,31)32)14-19(24)17-44(26-39-42(3)40-41(26)2)16-18-12-21(28(33,34)35)15-22(13-18)29(36,37)38/h6-7,12-15,23,25,40H,5,8-11,16-17H2,1-4H3. The molecule has 0 amide bonds. The summed E-state index contributed by atoms with van der Waals surface area (Å²) >= 11 is 0. The molecule has 0 aromatic heterocycles. The first-order chi connectivity index (χ1) is 20.9. The molecule has 0 radical (unpaired) electrons. The van der Waals surface area contributed by atoms with Crippen LogP contribution in [0.4, 0.5) is 39.5 Å². The molecule has 0 saturated carbocycles. The number of ether oxygens (including phenoxy) is 1. The molecular formula is C29H35F9N6O. The Bertz CT molecular complexity index is 1320. The molecular weight excluding hydrogens is 619 g/mol. The SMILES string of the molecule is CCC(c1ccc(C(F)(F)F)cc1CN(Cc1cc(C(F)(F)F)cc(C(F)(F)F)c1)C1=NN(C)NN1C)N1CCC(OC)CC1. The Morgan fingerprint density at radius 1 is 0.867 bits per heavy atom. The number of benzene rings is 2. The Morgan fingerprint density at radius 3 is 1.91 bits per heavy atom. The minimum absolute atomic E-state index is 0.0336. The van der Waals surface area contributed by atoms with Crippen molar-refractivity contribution in [2.24, 2.45) is 5.10 Å². The number of methoxy groups -OCH3 is 1. The molecule has 2 aromatic carbocycles. The minimum Gasteiger partial charge on any atom is -0.381 e. The molecule has 7 nitrogen and oxygen atoms in total. The van der Waals surface area contributed by atoms with Crippen molar-refractivity contribution in [3.05, 3.63) is 69.8 Å². The molecule has 2 aromatic rings. The number of hydrogen-bond donors (Lipinski definition) is 1. The molecule has 0 bridgehead atoms. The van der Waals surface area contributed by atoms with Crippen molar-refractivity contribution in [3.8, 4) is 0 Å². The van der Waals surface area contributed by atoms with E-state index in [1.54, 1.807) is 7.11 Å². The number of hydrazine groups is 2. The van der Waals surface area contributed by atoms with Crippen molar-refractivity contribution in [1.29, 1.82) is 0 Å². The molecule has 250 valence electrons. The van der Waals surface area contributed by atoms with Gasteiger partial charge in [-0.05, 0) is 66.3 Å². The normalized spacial score (nSPS) is 18.0. The summed E-state index contributed by atoms with van der Waals surface area (Å²) in [5.41, 5.74) is -0.655. The fraction of sp³-hybridized carbons (Fsp3) is 0.552. The average molecular weight is 655 g/mol. The summed E-state index contributed by atoms with van der Waals surface area (Å²) < 4.78 is 129. The molecule has 16 heteroatoms. The highest BCUT2D eigenvalue weighted by Gasteiger charge is 2.38. The lowest BCUT2D eigenvalue weighted by atomic mass is 9.92. The maximum atomic E-state index is 13.9. The number of nitrogens with one attached hydrogen (secondary N) is 1. The van der Waals surface area contributed by atoms with Crippen LogP contribution in [0.5, 0.6) is 0 Å². The van der Waals surface area contributed by atoms with Crippen molar-refractivity contribution >= 4 is 5.96 Å². The van der Waals surface area contributed by atoms with Crippen LogP contribution in [0.15, 0.2) is 41.5 Å². The summed E-state index contributed by atoms with van der Waals surface area (Å²) in [4.78, 5) is 3.51. The lowest BCUT2D eigenvalue weighted by molar-refractivity contribution is -0.143. The van der Waals surface area contributed by atoms with Gasteiger partial charge in [0.2, 0.25) is 5.96 Å². The number of guanidine groups is 1. The Morgan fingerprint density at radius 2 is 1.44 bits per heavy atom. The van der Waals surface area contributed by atoms with Crippen LogP contribution in [0.1, 0.15) is 65.6 Å². The van der Waals surface area contributed by atoms with E-state index < -0.39 is 41.8 Å². The predicted octanol–water partition coefficient (Wildman–Crippen LogP) is 6.87.